The second-order valence-electron chi connectivity index (χ2n) is 4.54. The average Bonchev–Trinajstić information content (AvgIpc) is 2.46. The van der Waals surface area contributed by atoms with E-state index in [0.717, 1.165) is 25.9 Å². The van der Waals surface area contributed by atoms with Gasteiger partial charge in [0.25, 0.3) is 5.91 Å². The molecule has 1 amide bonds. The summed E-state index contributed by atoms with van der Waals surface area (Å²) in [7, 11) is 1.53. The van der Waals surface area contributed by atoms with E-state index in [1.165, 1.54) is 7.11 Å². The first-order chi connectivity index (χ1) is 9.69. The molecule has 1 rings (SSSR count). The zero-order valence-electron chi connectivity index (χ0n) is 12.3. The molecule has 0 atom stereocenters. The molecule has 112 valence electrons. The van der Waals surface area contributed by atoms with E-state index in [4.69, 9.17) is 15.2 Å². The number of amides is 1. The van der Waals surface area contributed by atoms with E-state index in [0.29, 0.717) is 30.2 Å². The van der Waals surface area contributed by atoms with Gasteiger partial charge in [-0.25, -0.2) is 0 Å². The summed E-state index contributed by atoms with van der Waals surface area (Å²) < 4.78 is 10.6. The molecule has 20 heavy (non-hydrogen) atoms. The summed E-state index contributed by atoms with van der Waals surface area (Å²) >= 11 is 0. The molecule has 5 heteroatoms. The molecular weight excluding hydrogens is 256 g/mol. The highest BCUT2D eigenvalue weighted by Gasteiger charge is 2.11. The van der Waals surface area contributed by atoms with Gasteiger partial charge in [-0.15, -0.1) is 0 Å². The van der Waals surface area contributed by atoms with Crippen LogP contribution < -0.4 is 15.8 Å². The second-order valence-corrected chi connectivity index (χ2v) is 4.54. The molecule has 0 radical (unpaired) electrons. The van der Waals surface area contributed by atoms with Crippen molar-refractivity contribution in [3.05, 3.63) is 23.8 Å². The molecule has 3 N–H and O–H groups in total. The highest BCUT2D eigenvalue weighted by molar-refractivity contribution is 5.97. The number of nitrogens with one attached hydrogen (secondary N) is 1. The Labute approximate surface area is 120 Å². The molecule has 5 nitrogen and oxygen atoms in total. The SMILES string of the molecule is CCCCOCCCNC(=O)c1cc(N)ccc1OC. The van der Waals surface area contributed by atoms with Crippen LogP contribution in [0.3, 0.4) is 0 Å². The number of methoxy groups -OCH3 is 1. The first-order valence-corrected chi connectivity index (χ1v) is 6.98. The lowest BCUT2D eigenvalue weighted by molar-refractivity contribution is 0.0937. The van der Waals surface area contributed by atoms with Crippen molar-refractivity contribution in [3.63, 3.8) is 0 Å². The van der Waals surface area contributed by atoms with Gasteiger partial charge in [0.15, 0.2) is 0 Å². The number of rotatable bonds is 9. The Balaban J connectivity index is 2.34. The minimum Gasteiger partial charge on any atom is -0.496 e. The largest absolute Gasteiger partial charge is 0.496 e. The monoisotopic (exact) mass is 280 g/mol. The van der Waals surface area contributed by atoms with Gasteiger partial charge in [-0.3, -0.25) is 4.79 Å². The number of anilines is 1. The fraction of sp³-hybridized carbons (Fsp3) is 0.533. The third-order valence-corrected chi connectivity index (χ3v) is 2.86. The van der Waals surface area contributed by atoms with Gasteiger partial charge in [0.05, 0.1) is 12.7 Å². The molecule has 0 saturated heterocycles. The van der Waals surface area contributed by atoms with Crippen LogP contribution in [0.15, 0.2) is 18.2 Å². The Morgan fingerprint density at radius 1 is 1.30 bits per heavy atom. The fourth-order valence-corrected chi connectivity index (χ4v) is 1.72. The summed E-state index contributed by atoms with van der Waals surface area (Å²) in [5.41, 5.74) is 6.69. The van der Waals surface area contributed by atoms with Gasteiger partial charge in [-0.1, -0.05) is 13.3 Å². The van der Waals surface area contributed by atoms with E-state index in [2.05, 4.69) is 12.2 Å². The summed E-state index contributed by atoms with van der Waals surface area (Å²) in [5.74, 6) is 0.346. The maximum atomic E-state index is 12.0. The number of hydrogen-bond donors (Lipinski definition) is 2. The fourth-order valence-electron chi connectivity index (χ4n) is 1.72. The minimum atomic E-state index is -0.178. The number of nitrogens with two attached hydrogens (primary N) is 1. The average molecular weight is 280 g/mol. The van der Waals surface area contributed by atoms with Gasteiger partial charge in [0, 0.05) is 25.4 Å². The predicted octanol–water partition coefficient (Wildman–Crippen LogP) is 2.21. The van der Waals surface area contributed by atoms with Crippen molar-refractivity contribution < 1.29 is 14.3 Å². The third-order valence-electron chi connectivity index (χ3n) is 2.86. The van der Waals surface area contributed by atoms with Crippen LogP contribution in [0.25, 0.3) is 0 Å². The van der Waals surface area contributed by atoms with Crippen LogP contribution >= 0.6 is 0 Å². The lowest BCUT2D eigenvalue weighted by atomic mass is 10.1. The van der Waals surface area contributed by atoms with Gasteiger partial charge in [-0.05, 0) is 31.0 Å². The van der Waals surface area contributed by atoms with Crippen LogP contribution in [0, 0.1) is 0 Å². The van der Waals surface area contributed by atoms with Crippen LogP contribution in [0.4, 0.5) is 5.69 Å². The van der Waals surface area contributed by atoms with Gasteiger partial charge < -0.3 is 20.5 Å². The number of unbranched alkanes of at least 4 members (excludes halogenated alkanes) is 1. The molecule has 1 aromatic rings. The molecular formula is C15H24N2O3. The topological polar surface area (TPSA) is 73.6 Å². The van der Waals surface area contributed by atoms with E-state index < -0.39 is 0 Å². The Kier molecular flexibility index (Phi) is 7.50. The van der Waals surface area contributed by atoms with Gasteiger partial charge >= 0.3 is 0 Å². The Bertz CT molecular complexity index is 422. The number of carbonyl (C=O) groups excluding carboxylic acids is 1. The number of carbonyl (C=O) groups is 1. The molecule has 1 aromatic carbocycles. The maximum Gasteiger partial charge on any atom is 0.255 e. The molecule has 0 aliphatic carbocycles. The number of nitrogen functional groups attached to an aromatic ring is 1. The molecule has 0 aliphatic heterocycles. The molecule has 0 heterocycles. The lowest BCUT2D eigenvalue weighted by Gasteiger charge is -2.10. The Hall–Kier alpha value is -1.75. The highest BCUT2D eigenvalue weighted by Crippen LogP contribution is 2.20. The molecule has 0 aliphatic rings. The third kappa shape index (κ3) is 5.48. The van der Waals surface area contributed by atoms with E-state index in [9.17, 15) is 4.79 Å². The van der Waals surface area contributed by atoms with Crippen molar-refractivity contribution in [2.24, 2.45) is 0 Å². The molecule has 0 aromatic heterocycles. The van der Waals surface area contributed by atoms with Crippen LogP contribution in [0.2, 0.25) is 0 Å². The summed E-state index contributed by atoms with van der Waals surface area (Å²) in [6, 6.07) is 5.02. The predicted molar refractivity (Wildman–Crippen MR) is 80.1 cm³/mol. The van der Waals surface area contributed by atoms with Crippen molar-refractivity contribution in [2.75, 3.05) is 32.6 Å². The summed E-state index contributed by atoms with van der Waals surface area (Å²) in [5, 5.41) is 2.84. The number of ether oxygens (including phenoxy) is 2. The zero-order chi connectivity index (χ0) is 14.8. The minimum absolute atomic E-state index is 0.178. The molecule has 0 bridgehead atoms. The molecule has 0 spiro atoms. The van der Waals surface area contributed by atoms with Crippen molar-refractivity contribution >= 4 is 11.6 Å². The van der Waals surface area contributed by atoms with E-state index in [1.807, 2.05) is 0 Å². The number of benzene rings is 1. The van der Waals surface area contributed by atoms with E-state index in [-0.39, 0.29) is 5.91 Å². The Morgan fingerprint density at radius 2 is 2.05 bits per heavy atom. The molecule has 0 unspecified atom stereocenters. The van der Waals surface area contributed by atoms with Crippen molar-refractivity contribution in [1.82, 2.24) is 5.32 Å². The normalized spacial score (nSPS) is 10.3. The molecule has 0 fully saturated rings. The van der Waals surface area contributed by atoms with Crippen LogP contribution in [-0.2, 0) is 4.74 Å². The second kappa shape index (κ2) is 9.20. The lowest BCUT2D eigenvalue weighted by Crippen LogP contribution is -2.25. The van der Waals surface area contributed by atoms with Crippen molar-refractivity contribution in [3.8, 4) is 5.75 Å². The summed E-state index contributed by atoms with van der Waals surface area (Å²) in [6.07, 6.45) is 3.00. The quantitative estimate of drug-likeness (QED) is 0.537. The first kappa shape index (κ1) is 16.3. The van der Waals surface area contributed by atoms with Crippen LogP contribution in [-0.4, -0.2) is 32.8 Å². The first-order valence-electron chi connectivity index (χ1n) is 6.98. The zero-order valence-corrected chi connectivity index (χ0v) is 12.3. The van der Waals surface area contributed by atoms with Gasteiger partial charge in [0.2, 0.25) is 0 Å². The maximum absolute atomic E-state index is 12.0. The van der Waals surface area contributed by atoms with Gasteiger partial charge in [-0.2, -0.15) is 0 Å². The van der Waals surface area contributed by atoms with Crippen LogP contribution in [0.5, 0.6) is 5.75 Å². The van der Waals surface area contributed by atoms with Crippen molar-refractivity contribution in [2.45, 2.75) is 26.2 Å². The van der Waals surface area contributed by atoms with E-state index in [1.54, 1.807) is 18.2 Å². The standard InChI is InChI=1S/C15H24N2O3/c1-3-4-9-20-10-5-8-17-15(18)13-11-12(16)6-7-14(13)19-2/h6-7,11H,3-5,8-10,16H2,1-2H3,(H,17,18). The van der Waals surface area contributed by atoms with Gasteiger partial charge in [0.1, 0.15) is 5.75 Å². The van der Waals surface area contributed by atoms with Crippen molar-refractivity contribution in [1.29, 1.82) is 0 Å². The number of hydrogen-bond acceptors (Lipinski definition) is 4. The highest BCUT2D eigenvalue weighted by atomic mass is 16.5. The van der Waals surface area contributed by atoms with E-state index >= 15 is 0 Å². The van der Waals surface area contributed by atoms with Crippen LogP contribution in [0.1, 0.15) is 36.5 Å². The molecule has 0 saturated carbocycles. The summed E-state index contributed by atoms with van der Waals surface area (Å²) in [4.78, 5) is 12.0. The Morgan fingerprint density at radius 3 is 2.75 bits per heavy atom. The summed E-state index contributed by atoms with van der Waals surface area (Å²) in [6.45, 7) is 4.15. The smallest absolute Gasteiger partial charge is 0.255 e.